The van der Waals surface area contributed by atoms with Crippen LogP contribution in [-0.2, 0) is 9.53 Å². The molecular weight excluding hydrogens is 441 g/mol. The van der Waals surface area contributed by atoms with Gasteiger partial charge >= 0.3 is 0 Å². The third kappa shape index (κ3) is 5.09. The van der Waals surface area contributed by atoms with Crippen molar-refractivity contribution in [1.29, 1.82) is 5.26 Å². The Labute approximate surface area is 186 Å². The highest BCUT2D eigenvalue weighted by Gasteiger charge is 2.18. The van der Waals surface area contributed by atoms with Crippen molar-refractivity contribution in [1.82, 2.24) is 9.88 Å². The van der Waals surface area contributed by atoms with E-state index >= 15 is 0 Å². The SMILES string of the molecule is COCCNC(=O)/C(C#N)=c1\s/c(=C\c2cccc(Cl)c2)c(=O)n1-c1ccccc1F. The van der Waals surface area contributed by atoms with Crippen molar-refractivity contribution in [2.45, 2.75) is 0 Å². The number of nitrogens with one attached hydrogen (secondary N) is 1. The van der Waals surface area contributed by atoms with E-state index in [1.165, 1.54) is 25.3 Å². The smallest absolute Gasteiger partial charge is 0.273 e. The number of aromatic nitrogens is 1. The number of amides is 1. The first kappa shape index (κ1) is 22.4. The number of halogens is 2. The van der Waals surface area contributed by atoms with Crippen LogP contribution in [0.1, 0.15) is 5.56 Å². The average Bonchev–Trinajstić information content (AvgIpc) is 3.05. The summed E-state index contributed by atoms with van der Waals surface area (Å²) in [5.74, 6) is -1.34. The molecule has 0 aliphatic heterocycles. The van der Waals surface area contributed by atoms with Gasteiger partial charge in [0.25, 0.3) is 11.5 Å². The number of nitriles is 1. The summed E-state index contributed by atoms with van der Waals surface area (Å²) in [4.78, 5) is 25.8. The van der Waals surface area contributed by atoms with Crippen LogP contribution in [0.25, 0.3) is 17.3 Å². The van der Waals surface area contributed by atoms with Crippen LogP contribution >= 0.6 is 22.9 Å². The number of ether oxygens (including phenoxy) is 1. The summed E-state index contributed by atoms with van der Waals surface area (Å²) in [7, 11) is 1.48. The second kappa shape index (κ2) is 10.2. The minimum Gasteiger partial charge on any atom is -0.383 e. The summed E-state index contributed by atoms with van der Waals surface area (Å²) in [6, 6.07) is 14.4. The van der Waals surface area contributed by atoms with Gasteiger partial charge in [0.05, 0.1) is 16.8 Å². The van der Waals surface area contributed by atoms with Crippen molar-refractivity contribution in [3.63, 3.8) is 0 Å². The van der Waals surface area contributed by atoms with Crippen molar-refractivity contribution in [3.8, 4) is 11.8 Å². The van der Waals surface area contributed by atoms with E-state index in [0.717, 1.165) is 15.9 Å². The monoisotopic (exact) mass is 457 g/mol. The zero-order valence-corrected chi connectivity index (χ0v) is 18.0. The number of rotatable bonds is 6. The van der Waals surface area contributed by atoms with Gasteiger partial charge in [-0.15, -0.1) is 11.3 Å². The lowest BCUT2D eigenvalue weighted by Gasteiger charge is -2.06. The van der Waals surface area contributed by atoms with Crippen LogP contribution in [0.5, 0.6) is 0 Å². The van der Waals surface area contributed by atoms with E-state index in [1.54, 1.807) is 36.4 Å². The summed E-state index contributed by atoms with van der Waals surface area (Å²) in [6.45, 7) is 0.431. The molecule has 0 unspecified atom stereocenters. The minimum absolute atomic E-state index is 0.0285. The average molecular weight is 458 g/mol. The van der Waals surface area contributed by atoms with E-state index in [-0.39, 0.29) is 33.6 Å². The van der Waals surface area contributed by atoms with Crippen molar-refractivity contribution in [3.05, 3.63) is 84.5 Å². The predicted octanol–water partition coefficient (Wildman–Crippen LogP) is 1.96. The molecule has 3 aromatic rings. The van der Waals surface area contributed by atoms with Gasteiger partial charge in [-0.25, -0.2) is 4.39 Å². The summed E-state index contributed by atoms with van der Waals surface area (Å²) < 4.78 is 20.7. The third-order valence-corrected chi connectivity index (χ3v) is 5.54. The number of thiazole rings is 1. The Bertz CT molecular complexity index is 1340. The number of carbonyl (C=O) groups is 1. The van der Waals surface area contributed by atoms with Crippen molar-refractivity contribution in [2.75, 3.05) is 20.3 Å². The van der Waals surface area contributed by atoms with Crippen molar-refractivity contribution < 1.29 is 13.9 Å². The van der Waals surface area contributed by atoms with Crippen molar-refractivity contribution in [2.24, 2.45) is 0 Å². The van der Waals surface area contributed by atoms with Gasteiger partial charge in [0, 0.05) is 18.7 Å². The van der Waals surface area contributed by atoms with E-state index in [4.69, 9.17) is 16.3 Å². The molecule has 2 aromatic carbocycles. The molecule has 0 aliphatic rings. The number of hydrogen-bond donors (Lipinski definition) is 1. The molecule has 158 valence electrons. The highest BCUT2D eigenvalue weighted by Crippen LogP contribution is 2.12. The molecule has 1 N–H and O–H groups in total. The molecule has 0 aliphatic carbocycles. The Hall–Kier alpha value is -3.25. The Morgan fingerprint density at radius 3 is 2.77 bits per heavy atom. The highest BCUT2D eigenvalue weighted by atomic mass is 35.5. The molecule has 0 spiro atoms. The number of carbonyl (C=O) groups excluding carboxylic acids is 1. The lowest BCUT2D eigenvalue weighted by molar-refractivity contribution is -0.115. The lowest BCUT2D eigenvalue weighted by Crippen LogP contribution is -2.35. The van der Waals surface area contributed by atoms with Crippen LogP contribution in [-0.4, -0.2) is 30.7 Å². The quantitative estimate of drug-likeness (QED) is 0.573. The summed E-state index contributed by atoms with van der Waals surface area (Å²) in [5.41, 5.74) is -0.252. The van der Waals surface area contributed by atoms with Gasteiger partial charge in [0.2, 0.25) is 0 Å². The van der Waals surface area contributed by atoms with Crippen LogP contribution in [0.3, 0.4) is 0 Å². The molecule has 0 saturated carbocycles. The number of nitrogens with zero attached hydrogens (tertiary/aromatic N) is 2. The summed E-state index contributed by atoms with van der Waals surface area (Å²) in [5, 5.41) is 12.7. The first-order valence-electron chi connectivity index (χ1n) is 9.12. The van der Waals surface area contributed by atoms with Gasteiger partial charge in [0.1, 0.15) is 16.5 Å². The normalized spacial score (nSPS) is 12.4. The minimum atomic E-state index is -0.680. The first-order valence-corrected chi connectivity index (χ1v) is 10.3. The molecule has 0 atom stereocenters. The third-order valence-electron chi connectivity index (χ3n) is 4.21. The Morgan fingerprint density at radius 1 is 1.32 bits per heavy atom. The van der Waals surface area contributed by atoms with Gasteiger partial charge in [-0.05, 0) is 35.9 Å². The zero-order chi connectivity index (χ0) is 22.4. The van der Waals surface area contributed by atoms with Crippen molar-refractivity contribution >= 4 is 40.5 Å². The molecule has 0 fully saturated rings. The van der Waals surface area contributed by atoms with Crippen LogP contribution < -0.4 is 20.1 Å². The molecule has 1 aromatic heterocycles. The number of methoxy groups -OCH3 is 1. The van der Waals surface area contributed by atoms with Gasteiger partial charge in [0.15, 0.2) is 5.57 Å². The maximum atomic E-state index is 14.5. The van der Waals surface area contributed by atoms with Crippen LogP contribution in [0.4, 0.5) is 4.39 Å². The Balaban J connectivity index is 2.32. The first-order chi connectivity index (χ1) is 15.0. The van der Waals surface area contributed by atoms with E-state index in [1.807, 2.05) is 6.07 Å². The van der Waals surface area contributed by atoms with Gasteiger partial charge in [-0.1, -0.05) is 35.9 Å². The number of hydrogen-bond acceptors (Lipinski definition) is 5. The molecule has 0 saturated heterocycles. The largest absolute Gasteiger partial charge is 0.383 e. The van der Waals surface area contributed by atoms with Gasteiger partial charge < -0.3 is 10.1 Å². The van der Waals surface area contributed by atoms with Gasteiger partial charge in [-0.3, -0.25) is 14.2 Å². The molecule has 31 heavy (non-hydrogen) atoms. The fourth-order valence-electron chi connectivity index (χ4n) is 2.80. The summed E-state index contributed by atoms with van der Waals surface area (Å²) in [6.07, 6.45) is 1.58. The second-order valence-corrected chi connectivity index (χ2v) is 7.77. The van der Waals surface area contributed by atoms with E-state index < -0.39 is 17.3 Å². The van der Waals surface area contributed by atoms with E-state index in [9.17, 15) is 19.2 Å². The molecule has 0 bridgehead atoms. The lowest BCUT2D eigenvalue weighted by atomic mass is 10.2. The summed E-state index contributed by atoms with van der Waals surface area (Å²) >= 11 is 6.94. The molecule has 1 amide bonds. The Kier molecular flexibility index (Phi) is 7.36. The maximum Gasteiger partial charge on any atom is 0.273 e. The number of para-hydroxylation sites is 1. The van der Waals surface area contributed by atoms with Crippen LogP contribution in [0.2, 0.25) is 5.02 Å². The molecule has 6 nitrogen and oxygen atoms in total. The fourth-order valence-corrected chi connectivity index (χ4v) is 4.09. The maximum absolute atomic E-state index is 14.5. The highest BCUT2D eigenvalue weighted by molar-refractivity contribution is 7.07. The van der Waals surface area contributed by atoms with E-state index in [2.05, 4.69) is 5.32 Å². The Morgan fingerprint density at radius 2 is 2.10 bits per heavy atom. The topological polar surface area (TPSA) is 84.1 Å². The molecular formula is C22H17ClFN3O3S. The second-order valence-electron chi connectivity index (χ2n) is 6.30. The predicted molar refractivity (Wildman–Crippen MR) is 118 cm³/mol. The molecule has 1 heterocycles. The molecule has 9 heteroatoms. The number of benzene rings is 2. The standard InChI is InChI=1S/C22H17ClFN3O3S/c1-30-10-9-26-20(28)16(13-25)22-27(18-8-3-2-7-17(18)24)21(29)19(31-22)12-14-5-4-6-15(23)11-14/h2-8,11-12H,9-10H2,1H3,(H,26,28)/b19-12-,22-16-. The van der Waals surface area contributed by atoms with Gasteiger partial charge in [-0.2, -0.15) is 5.26 Å². The van der Waals surface area contributed by atoms with Crippen LogP contribution in [0.15, 0.2) is 53.3 Å². The molecule has 0 radical (unpaired) electrons. The fraction of sp³-hybridized carbons (Fsp3) is 0.136. The van der Waals surface area contributed by atoms with E-state index in [0.29, 0.717) is 10.6 Å². The zero-order valence-electron chi connectivity index (χ0n) is 16.4. The van der Waals surface area contributed by atoms with Crippen LogP contribution in [0, 0.1) is 17.1 Å². The molecule has 3 rings (SSSR count).